The monoisotopic (exact) mass is 219 g/mol. The van der Waals surface area contributed by atoms with E-state index in [0.717, 1.165) is 0 Å². The second-order valence-electron chi connectivity index (χ2n) is 3.16. The Balaban J connectivity index is 2.80. The summed E-state index contributed by atoms with van der Waals surface area (Å²) in [6.07, 6.45) is 3.25. The molecule has 0 amide bonds. The molecule has 0 atom stereocenters. The van der Waals surface area contributed by atoms with E-state index in [2.05, 4.69) is 5.10 Å². The molecule has 0 spiro atoms. The average Bonchev–Trinajstić information content (AvgIpc) is 2.66. The first-order valence-corrected chi connectivity index (χ1v) is 4.93. The summed E-state index contributed by atoms with van der Waals surface area (Å²) in [7, 11) is 0. The van der Waals surface area contributed by atoms with E-state index < -0.39 is 0 Å². The number of allylic oxidation sites excluding steroid dienone is 1. The second-order valence-corrected chi connectivity index (χ2v) is 3.16. The standard InChI is InChI=1S/C11H13N3O2/c1-3-16-11(15)8-14-10(4-5-13-14)6-9(2)7-12/h4-6H,3,8H2,1-2H3/b9-6-. The van der Waals surface area contributed by atoms with Gasteiger partial charge in [0.15, 0.2) is 0 Å². The Hall–Kier alpha value is -2.09. The minimum absolute atomic E-state index is 0.0609. The summed E-state index contributed by atoms with van der Waals surface area (Å²) in [6, 6.07) is 3.75. The summed E-state index contributed by atoms with van der Waals surface area (Å²) in [5.74, 6) is -0.338. The van der Waals surface area contributed by atoms with E-state index in [1.807, 2.05) is 6.07 Å². The number of esters is 1. The van der Waals surface area contributed by atoms with Gasteiger partial charge in [-0.15, -0.1) is 0 Å². The van der Waals surface area contributed by atoms with Crippen LogP contribution in [-0.4, -0.2) is 22.4 Å². The Morgan fingerprint density at radius 3 is 3.12 bits per heavy atom. The zero-order valence-electron chi connectivity index (χ0n) is 9.30. The predicted molar refractivity (Wildman–Crippen MR) is 58.1 cm³/mol. The fourth-order valence-corrected chi connectivity index (χ4v) is 1.18. The highest BCUT2D eigenvalue weighted by atomic mass is 16.5. The van der Waals surface area contributed by atoms with Gasteiger partial charge in [-0.2, -0.15) is 10.4 Å². The summed E-state index contributed by atoms with van der Waals surface area (Å²) in [5, 5.41) is 12.6. The van der Waals surface area contributed by atoms with Crippen molar-refractivity contribution in [1.82, 2.24) is 9.78 Å². The molecule has 1 aromatic rings. The van der Waals surface area contributed by atoms with E-state index in [0.29, 0.717) is 17.9 Å². The minimum Gasteiger partial charge on any atom is -0.465 e. The van der Waals surface area contributed by atoms with Crippen LogP contribution in [0.1, 0.15) is 19.5 Å². The third-order valence-electron chi connectivity index (χ3n) is 1.87. The summed E-state index contributed by atoms with van der Waals surface area (Å²) in [5.41, 5.74) is 1.28. The van der Waals surface area contributed by atoms with Gasteiger partial charge < -0.3 is 4.74 Å². The van der Waals surface area contributed by atoms with Crippen molar-refractivity contribution in [2.24, 2.45) is 0 Å². The third kappa shape index (κ3) is 3.24. The molecule has 1 aromatic heterocycles. The summed E-state index contributed by atoms with van der Waals surface area (Å²) >= 11 is 0. The van der Waals surface area contributed by atoms with Gasteiger partial charge in [0.25, 0.3) is 0 Å². The molecular weight excluding hydrogens is 206 g/mol. The number of carbonyl (C=O) groups excluding carboxylic acids is 1. The van der Waals surface area contributed by atoms with Crippen LogP contribution < -0.4 is 0 Å². The van der Waals surface area contributed by atoms with Gasteiger partial charge in [0.05, 0.1) is 18.4 Å². The quantitative estimate of drug-likeness (QED) is 0.566. The van der Waals surface area contributed by atoms with E-state index in [1.165, 1.54) is 4.68 Å². The first-order chi connectivity index (χ1) is 7.67. The minimum atomic E-state index is -0.338. The zero-order chi connectivity index (χ0) is 12.0. The predicted octanol–water partition coefficient (Wildman–Crippen LogP) is 1.37. The van der Waals surface area contributed by atoms with Crippen LogP contribution in [0.4, 0.5) is 0 Å². The van der Waals surface area contributed by atoms with Crippen molar-refractivity contribution in [3.63, 3.8) is 0 Å². The number of hydrogen-bond acceptors (Lipinski definition) is 4. The lowest BCUT2D eigenvalue weighted by Crippen LogP contribution is -2.15. The topological polar surface area (TPSA) is 67.9 Å². The van der Waals surface area contributed by atoms with Gasteiger partial charge in [0.2, 0.25) is 0 Å². The molecule has 0 saturated heterocycles. The first kappa shape index (κ1) is 12.0. The van der Waals surface area contributed by atoms with Crippen molar-refractivity contribution in [2.45, 2.75) is 20.4 Å². The van der Waals surface area contributed by atoms with Crippen molar-refractivity contribution in [2.75, 3.05) is 6.61 Å². The highest BCUT2D eigenvalue weighted by Gasteiger charge is 2.06. The molecule has 1 rings (SSSR count). The van der Waals surface area contributed by atoms with Gasteiger partial charge in [-0.05, 0) is 26.0 Å². The summed E-state index contributed by atoms with van der Waals surface area (Å²) < 4.78 is 6.31. The van der Waals surface area contributed by atoms with Crippen molar-refractivity contribution in [3.05, 3.63) is 23.5 Å². The number of carbonyl (C=O) groups is 1. The molecule has 0 bridgehead atoms. The Morgan fingerprint density at radius 1 is 1.75 bits per heavy atom. The van der Waals surface area contributed by atoms with E-state index in [-0.39, 0.29) is 12.5 Å². The molecule has 0 fully saturated rings. The SMILES string of the molecule is CCOC(=O)Cn1nccc1/C=C(/C)C#N. The van der Waals surface area contributed by atoms with Crippen LogP contribution in [0.2, 0.25) is 0 Å². The average molecular weight is 219 g/mol. The van der Waals surface area contributed by atoms with Crippen LogP contribution in [0.3, 0.4) is 0 Å². The Labute approximate surface area is 93.9 Å². The number of nitrogens with zero attached hydrogens (tertiary/aromatic N) is 3. The molecule has 0 N–H and O–H groups in total. The van der Waals surface area contributed by atoms with Crippen molar-refractivity contribution < 1.29 is 9.53 Å². The molecule has 84 valence electrons. The fourth-order valence-electron chi connectivity index (χ4n) is 1.18. The van der Waals surface area contributed by atoms with Gasteiger partial charge in [-0.25, -0.2) is 0 Å². The van der Waals surface area contributed by atoms with Gasteiger partial charge in [0.1, 0.15) is 6.54 Å². The van der Waals surface area contributed by atoms with Gasteiger partial charge in [0, 0.05) is 11.8 Å². The molecule has 0 aliphatic heterocycles. The van der Waals surface area contributed by atoms with Crippen LogP contribution in [0.25, 0.3) is 6.08 Å². The summed E-state index contributed by atoms with van der Waals surface area (Å²) in [6.45, 7) is 3.86. The van der Waals surface area contributed by atoms with E-state index in [4.69, 9.17) is 10.00 Å². The number of aromatic nitrogens is 2. The second kappa shape index (κ2) is 5.71. The number of rotatable bonds is 4. The van der Waals surface area contributed by atoms with E-state index in [1.54, 1.807) is 32.2 Å². The third-order valence-corrected chi connectivity index (χ3v) is 1.87. The van der Waals surface area contributed by atoms with Crippen LogP contribution in [-0.2, 0) is 16.1 Å². The van der Waals surface area contributed by atoms with Crippen molar-refractivity contribution in [3.8, 4) is 6.07 Å². The van der Waals surface area contributed by atoms with Gasteiger partial charge >= 0.3 is 5.97 Å². The molecule has 0 radical (unpaired) electrons. The highest BCUT2D eigenvalue weighted by molar-refractivity contribution is 5.69. The van der Waals surface area contributed by atoms with Crippen LogP contribution in [0.15, 0.2) is 17.8 Å². The van der Waals surface area contributed by atoms with Crippen LogP contribution in [0, 0.1) is 11.3 Å². The first-order valence-electron chi connectivity index (χ1n) is 4.93. The fraction of sp³-hybridized carbons (Fsp3) is 0.364. The molecular formula is C11H13N3O2. The lowest BCUT2D eigenvalue weighted by atomic mass is 10.2. The molecule has 1 heterocycles. The maximum Gasteiger partial charge on any atom is 0.327 e. The molecule has 5 nitrogen and oxygen atoms in total. The van der Waals surface area contributed by atoms with Gasteiger partial charge in [-0.3, -0.25) is 9.48 Å². The summed E-state index contributed by atoms with van der Waals surface area (Å²) in [4.78, 5) is 11.2. The normalized spacial score (nSPS) is 10.9. The number of hydrogen-bond donors (Lipinski definition) is 0. The number of nitriles is 1. The smallest absolute Gasteiger partial charge is 0.327 e. The largest absolute Gasteiger partial charge is 0.465 e. The molecule has 0 unspecified atom stereocenters. The Morgan fingerprint density at radius 2 is 2.50 bits per heavy atom. The Bertz CT molecular complexity index is 440. The molecule has 5 heteroatoms. The maximum atomic E-state index is 11.2. The molecule has 16 heavy (non-hydrogen) atoms. The Kier molecular flexibility index (Phi) is 4.28. The molecule has 0 aromatic carbocycles. The van der Waals surface area contributed by atoms with Gasteiger partial charge in [-0.1, -0.05) is 0 Å². The molecule has 0 aliphatic carbocycles. The lowest BCUT2D eigenvalue weighted by molar-refractivity contribution is -0.144. The van der Waals surface area contributed by atoms with Crippen molar-refractivity contribution in [1.29, 1.82) is 5.26 Å². The lowest BCUT2D eigenvalue weighted by Gasteiger charge is -2.04. The van der Waals surface area contributed by atoms with E-state index >= 15 is 0 Å². The van der Waals surface area contributed by atoms with Crippen LogP contribution in [0.5, 0.6) is 0 Å². The number of ether oxygens (including phenoxy) is 1. The maximum absolute atomic E-state index is 11.2. The molecule has 0 saturated carbocycles. The van der Waals surface area contributed by atoms with Crippen LogP contribution >= 0.6 is 0 Å². The highest BCUT2D eigenvalue weighted by Crippen LogP contribution is 2.05. The zero-order valence-corrected chi connectivity index (χ0v) is 9.30. The molecule has 0 aliphatic rings. The van der Waals surface area contributed by atoms with E-state index in [9.17, 15) is 4.79 Å². The van der Waals surface area contributed by atoms with Crippen molar-refractivity contribution >= 4 is 12.0 Å².